The molecule has 1 amide bonds. The number of amides is 1. The van der Waals surface area contributed by atoms with Gasteiger partial charge in [0.25, 0.3) is 0 Å². The van der Waals surface area contributed by atoms with Gasteiger partial charge in [-0.15, -0.1) is 0 Å². The second kappa shape index (κ2) is 7.59. The Balaban J connectivity index is 1.80. The summed E-state index contributed by atoms with van der Waals surface area (Å²) < 4.78 is 0. The molecule has 2 rings (SSSR count). The molecule has 0 aromatic rings. The van der Waals surface area contributed by atoms with Gasteiger partial charge >= 0.3 is 0 Å². The Morgan fingerprint density at radius 2 is 1.95 bits per heavy atom. The quantitative estimate of drug-likeness (QED) is 0.862. The molecule has 3 unspecified atom stereocenters. The van der Waals surface area contributed by atoms with Crippen LogP contribution in [-0.4, -0.2) is 55.5 Å². The van der Waals surface area contributed by atoms with Gasteiger partial charge in [0, 0.05) is 25.6 Å². The molecule has 122 valence electrons. The van der Waals surface area contributed by atoms with Crippen LogP contribution in [0.25, 0.3) is 0 Å². The van der Waals surface area contributed by atoms with Gasteiger partial charge in [0.15, 0.2) is 0 Å². The summed E-state index contributed by atoms with van der Waals surface area (Å²) in [6.07, 6.45) is 6.94. The highest BCUT2D eigenvalue weighted by Gasteiger charge is 2.31. The van der Waals surface area contributed by atoms with Crippen LogP contribution in [0.3, 0.4) is 0 Å². The largest absolute Gasteiger partial charge is 0.345 e. The number of rotatable bonds is 4. The number of hydrogen-bond donors (Lipinski definition) is 1. The minimum absolute atomic E-state index is 0.132. The van der Waals surface area contributed by atoms with E-state index in [2.05, 4.69) is 18.9 Å². The van der Waals surface area contributed by atoms with Gasteiger partial charge in [0.1, 0.15) is 0 Å². The van der Waals surface area contributed by atoms with Crippen molar-refractivity contribution in [1.29, 1.82) is 0 Å². The molecular weight excluding hydrogens is 262 g/mol. The predicted octanol–water partition coefficient (Wildman–Crippen LogP) is 1.94. The average Bonchev–Trinajstić information content (AvgIpc) is 2.48. The first-order valence-electron chi connectivity index (χ1n) is 8.66. The van der Waals surface area contributed by atoms with E-state index < -0.39 is 0 Å². The van der Waals surface area contributed by atoms with Crippen molar-refractivity contribution in [3.63, 3.8) is 0 Å². The highest BCUT2D eigenvalue weighted by atomic mass is 16.2. The third-order valence-electron chi connectivity index (χ3n) is 5.60. The maximum atomic E-state index is 12.7. The number of nitrogens with two attached hydrogens (primary N) is 1. The van der Waals surface area contributed by atoms with E-state index in [0.29, 0.717) is 23.8 Å². The van der Waals surface area contributed by atoms with Crippen LogP contribution in [0.4, 0.5) is 0 Å². The van der Waals surface area contributed by atoms with Crippen molar-refractivity contribution in [2.75, 3.05) is 33.7 Å². The van der Waals surface area contributed by atoms with E-state index in [1.807, 2.05) is 11.9 Å². The maximum Gasteiger partial charge on any atom is 0.225 e. The lowest BCUT2D eigenvalue weighted by Gasteiger charge is -2.35. The third-order valence-corrected chi connectivity index (χ3v) is 5.60. The first-order valence-corrected chi connectivity index (χ1v) is 8.66. The first kappa shape index (κ1) is 16.8. The fourth-order valence-corrected chi connectivity index (χ4v) is 3.99. The molecule has 21 heavy (non-hydrogen) atoms. The summed E-state index contributed by atoms with van der Waals surface area (Å²) in [6.45, 7) is 5.37. The van der Waals surface area contributed by atoms with Gasteiger partial charge < -0.3 is 15.5 Å². The summed E-state index contributed by atoms with van der Waals surface area (Å²) in [6, 6.07) is 0.304. The highest BCUT2D eigenvalue weighted by molar-refractivity contribution is 5.78. The molecule has 4 heteroatoms. The monoisotopic (exact) mass is 295 g/mol. The number of nitrogens with zero attached hydrogens (tertiary/aromatic N) is 2. The molecule has 1 saturated carbocycles. The van der Waals surface area contributed by atoms with Crippen molar-refractivity contribution in [1.82, 2.24) is 9.80 Å². The van der Waals surface area contributed by atoms with E-state index in [0.717, 1.165) is 19.4 Å². The smallest absolute Gasteiger partial charge is 0.225 e. The van der Waals surface area contributed by atoms with Gasteiger partial charge in [0.2, 0.25) is 5.91 Å². The fourth-order valence-electron chi connectivity index (χ4n) is 3.99. The summed E-state index contributed by atoms with van der Waals surface area (Å²) in [5.41, 5.74) is 6.07. The maximum absolute atomic E-state index is 12.7. The Morgan fingerprint density at radius 3 is 2.57 bits per heavy atom. The molecule has 0 radical (unpaired) electrons. The van der Waals surface area contributed by atoms with Crippen LogP contribution in [0.5, 0.6) is 0 Å². The van der Waals surface area contributed by atoms with Gasteiger partial charge in [-0.3, -0.25) is 4.79 Å². The van der Waals surface area contributed by atoms with E-state index in [-0.39, 0.29) is 5.92 Å². The summed E-state index contributed by atoms with van der Waals surface area (Å²) in [5.74, 6) is 1.62. The number of likely N-dealkylation sites (tertiary alicyclic amines) is 1. The molecule has 1 aliphatic heterocycles. The molecule has 0 aromatic carbocycles. The number of piperidine rings is 1. The Labute approximate surface area is 130 Å². The van der Waals surface area contributed by atoms with Crippen LogP contribution in [0, 0.1) is 17.8 Å². The van der Waals surface area contributed by atoms with Crippen LogP contribution >= 0.6 is 0 Å². The minimum atomic E-state index is 0.132. The van der Waals surface area contributed by atoms with Crippen molar-refractivity contribution < 1.29 is 4.79 Å². The molecule has 2 N–H and O–H groups in total. The second-order valence-corrected chi connectivity index (χ2v) is 7.44. The Kier molecular flexibility index (Phi) is 6.06. The second-order valence-electron chi connectivity index (χ2n) is 7.44. The number of hydrogen-bond acceptors (Lipinski definition) is 3. The lowest BCUT2D eigenvalue weighted by atomic mass is 9.78. The number of carbonyl (C=O) groups excluding carboxylic acids is 1. The molecule has 3 atom stereocenters. The minimum Gasteiger partial charge on any atom is -0.345 e. The van der Waals surface area contributed by atoms with Crippen molar-refractivity contribution in [3.05, 3.63) is 0 Å². The molecule has 1 saturated heterocycles. The summed E-state index contributed by atoms with van der Waals surface area (Å²) >= 11 is 0. The molecular formula is C17H33N3O. The normalized spacial score (nSPS) is 30.1. The zero-order valence-corrected chi connectivity index (χ0v) is 14.1. The molecule has 4 nitrogen and oxygen atoms in total. The van der Waals surface area contributed by atoms with Crippen molar-refractivity contribution in [3.8, 4) is 0 Å². The van der Waals surface area contributed by atoms with E-state index in [9.17, 15) is 4.79 Å². The SMILES string of the molecule is CC(C(=O)N(C)CC1CCN(C)CC1)C1CCCC(N)C1. The Bertz CT molecular complexity index is 339. The van der Waals surface area contributed by atoms with E-state index in [1.165, 1.54) is 38.8 Å². The zero-order valence-electron chi connectivity index (χ0n) is 14.1. The topological polar surface area (TPSA) is 49.6 Å². The van der Waals surface area contributed by atoms with E-state index in [4.69, 9.17) is 5.73 Å². The molecule has 0 aromatic heterocycles. The molecule has 1 aliphatic carbocycles. The first-order chi connectivity index (χ1) is 9.97. The Morgan fingerprint density at radius 1 is 1.29 bits per heavy atom. The standard InChI is InChI=1S/C17H33N3O/c1-13(15-5-4-6-16(18)11-15)17(21)20(3)12-14-7-9-19(2)10-8-14/h13-16H,4-12,18H2,1-3H3. The van der Waals surface area contributed by atoms with Gasteiger partial charge in [-0.25, -0.2) is 0 Å². The van der Waals surface area contributed by atoms with Crippen molar-refractivity contribution in [2.24, 2.45) is 23.5 Å². The van der Waals surface area contributed by atoms with Gasteiger partial charge in [-0.05, 0) is 64.1 Å². The van der Waals surface area contributed by atoms with Crippen molar-refractivity contribution >= 4 is 5.91 Å². The lowest BCUT2D eigenvalue weighted by molar-refractivity contribution is -0.136. The van der Waals surface area contributed by atoms with Gasteiger partial charge in [-0.1, -0.05) is 13.3 Å². The number of carbonyl (C=O) groups is 1. The van der Waals surface area contributed by atoms with Crippen LogP contribution in [0.1, 0.15) is 45.4 Å². The summed E-state index contributed by atoms with van der Waals surface area (Å²) in [4.78, 5) is 17.0. The van der Waals surface area contributed by atoms with Crippen LogP contribution in [0.2, 0.25) is 0 Å². The molecule has 1 heterocycles. The predicted molar refractivity (Wildman–Crippen MR) is 87.0 cm³/mol. The van der Waals surface area contributed by atoms with E-state index in [1.54, 1.807) is 0 Å². The fraction of sp³-hybridized carbons (Fsp3) is 0.941. The lowest BCUT2D eigenvalue weighted by Crippen LogP contribution is -2.42. The third kappa shape index (κ3) is 4.68. The molecule has 0 spiro atoms. The summed E-state index contributed by atoms with van der Waals surface area (Å²) in [5, 5.41) is 0. The van der Waals surface area contributed by atoms with Crippen LogP contribution < -0.4 is 5.73 Å². The van der Waals surface area contributed by atoms with Crippen LogP contribution in [-0.2, 0) is 4.79 Å². The van der Waals surface area contributed by atoms with Gasteiger partial charge in [0.05, 0.1) is 0 Å². The molecule has 2 aliphatic rings. The van der Waals surface area contributed by atoms with Gasteiger partial charge in [-0.2, -0.15) is 0 Å². The van der Waals surface area contributed by atoms with E-state index >= 15 is 0 Å². The van der Waals surface area contributed by atoms with Crippen molar-refractivity contribution in [2.45, 2.75) is 51.5 Å². The Hall–Kier alpha value is -0.610. The zero-order chi connectivity index (χ0) is 15.4. The van der Waals surface area contributed by atoms with Crippen LogP contribution in [0.15, 0.2) is 0 Å². The molecule has 2 fully saturated rings. The average molecular weight is 295 g/mol. The molecule has 0 bridgehead atoms. The summed E-state index contributed by atoms with van der Waals surface area (Å²) in [7, 11) is 4.17. The highest BCUT2D eigenvalue weighted by Crippen LogP contribution is 2.30.